The molecule has 1 aliphatic carbocycles. The maximum Gasteiger partial charge on any atom is 0.325 e. The summed E-state index contributed by atoms with van der Waals surface area (Å²) in [4.78, 5) is 26.3. The van der Waals surface area contributed by atoms with Crippen LogP contribution in [0.5, 0.6) is 0 Å². The molecule has 0 bridgehead atoms. The third-order valence-electron chi connectivity index (χ3n) is 5.19. The van der Waals surface area contributed by atoms with Crippen molar-refractivity contribution in [3.63, 3.8) is 0 Å². The summed E-state index contributed by atoms with van der Waals surface area (Å²) >= 11 is 0. The monoisotopic (exact) mass is 428 g/mol. The summed E-state index contributed by atoms with van der Waals surface area (Å²) in [6, 6.07) is 7.10. The number of carboxylic acids is 1. The van der Waals surface area contributed by atoms with Crippen molar-refractivity contribution in [2.75, 3.05) is 28.6 Å². The van der Waals surface area contributed by atoms with Gasteiger partial charge in [0, 0.05) is 19.2 Å². The van der Waals surface area contributed by atoms with E-state index in [-0.39, 0.29) is 11.8 Å². The number of benzene rings is 1. The van der Waals surface area contributed by atoms with E-state index in [9.17, 15) is 14.7 Å². The molecule has 2 atom stereocenters. The second kappa shape index (κ2) is 9.41. The first kappa shape index (κ1) is 22.7. The van der Waals surface area contributed by atoms with E-state index >= 15 is 0 Å². The minimum atomic E-state index is -0.774. The van der Waals surface area contributed by atoms with Crippen molar-refractivity contribution in [3.05, 3.63) is 35.6 Å². The minimum absolute atomic E-state index is 0.0167. The Balaban J connectivity index is 1.89. The zero-order valence-corrected chi connectivity index (χ0v) is 18.8. The Morgan fingerprint density at radius 2 is 1.84 bits per heavy atom. The molecule has 31 heavy (non-hydrogen) atoms. The first-order valence-corrected chi connectivity index (χ1v) is 10.8. The zero-order valence-electron chi connectivity index (χ0n) is 18.8. The van der Waals surface area contributed by atoms with Crippen molar-refractivity contribution in [1.29, 1.82) is 0 Å². The number of carbonyl (C=O) groups is 2. The molecule has 0 saturated heterocycles. The molecule has 2 amide bonds. The van der Waals surface area contributed by atoms with Crippen molar-refractivity contribution < 1.29 is 19.2 Å². The molecule has 3 N–H and O–H groups in total. The van der Waals surface area contributed by atoms with Crippen LogP contribution in [0.2, 0.25) is 0 Å². The molecule has 8 nitrogen and oxygen atoms in total. The lowest BCUT2D eigenvalue weighted by Gasteiger charge is -2.30. The lowest BCUT2D eigenvalue weighted by atomic mass is 10.0. The van der Waals surface area contributed by atoms with E-state index in [1.54, 1.807) is 13.0 Å². The van der Waals surface area contributed by atoms with E-state index in [1.165, 1.54) is 0 Å². The average molecular weight is 429 g/mol. The van der Waals surface area contributed by atoms with Gasteiger partial charge in [0.2, 0.25) is 0 Å². The third-order valence-corrected chi connectivity index (χ3v) is 5.19. The Hall–Kier alpha value is -3.03. The molecule has 0 spiro atoms. The fourth-order valence-electron chi connectivity index (χ4n) is 3.84. The second-order valence-corrected chi connectivity index (χ2v) is 9.16. The van der Waals surface area contributed by atoms with Gasteiger partial charge in [0.1, 0.15) is 5.76 Å². The molecule has 1 heterocycles. The maximum atomic E-state index is 12.7. The number of rotatable bonds is 9. The second-order valence-electron chi connectivity index (χ2n) is 9.16. The van der Waals surface area contributed by atoms with Crippen molar-refractivity contribution in [2.24, 2.45) is 17.8 Å². The fraction of sp³-hybridized carbons (Fsp3) is 0.522. The van der Waals surface area contributed by atoms with Gasteiger partial charge in [0.05, 0.1) is 17.3 Å². The minimum Gasteiger partial charge on any atom is -0.481 e. The highest BCUT2D eigenvalue weighted by molar-refractivity contribution is 6.01. The number of hydrogen-bond acceptors (Lipinski definition) is 5. The van der Waals surface area contributed by atoms with Gasteiger partial charge in [-0.1, -0.05) is 38.9 Å². The molecule has 0 radical (unpaired) electrons. The van der Waals surface area contributed by atoms with Gasteiger partial charge in [-0.25, -0.2) is 4.79 Å². The zero-order chi connectivity index (χ0) is 22.7. The number of urea groups is 1. The Bertz CT molecular complexity index is 927. The number of carboxylic acid groups (broad SMARTS) is 1. The van der Waals surface area contributed by atoms with Crippen molar-refractivity contribution in [3.8, 4) is 0 Å². The molecular weight excluding hydrogens is 396 g/mol. The highest BCUT2D eigenvalue weighted by Crippen LogP contribution is 2.49. The van der Waals surface area contributed by atoms with E-state index in [2.05, 4.69) is 48.4 Å². The van der Waals surface area contributed by atoms with E-state index in [0.29, 0.717) is 35.5 Å². The van der Waals surface area contributed by atoms with E-state index in [4.69, 9.17) is 4.52 Å². The molecule has 1 fully saturated rings. The summed E-state index contributed by atoms with van der Waals surface area (Å²) in [7, 11) is 0. The van der Waals surface area contributed by atoms with Crippen LogP contribution in [0.25, 0.3) is 0 Å². The number of amides is 2. The smallest absolute Gasteiger partial charge is 0.325 e. The Labute approximate surface area is 183 Å². The molecular formula is C23H32N4O4. The topological polar surface area (TPSA) is 108 Å². The highest BCUT2D eigenvalue weighted by atomic mass is 16.5. The van der Waals surface area contributed by atoms with Gasteiger partial charge < -0.3 is 19.8 Å². The molecule has 1 aromatic heterocycles. The largest absolute Gasteiger partial charge is 0.481 e. The van der Waals surface area contributed by atoms with Gasteiger partial charge in [-0.15, -0.1) is 0 Å². The number of hydrogen-bond donors (Lipinski definition) is 3. The van der Waals surface area contributed by atoms with Gasteiger partial charge in [-0.05, 0) is 48.8 Å². The van der Waals surface area contributed by atoms with Crippen LogP contribution >= 0.6 is 0 Å². The highest BCUT2D eigenvalue weighted by Gasteiger charge is 2.44. The summed E-state index contributed by atoms with van der Waals surface area (Å²) in [5.74, 6) is 0.679. The van der Waals surface area contributed by atoms with Crippen LogP contribution in [-0.2, 0) is 4.79 Å². The van der Waals surface area contributed by atoms with Crippen LogP contribution < -0.4 is 15.5 Å². The van der Waals surface area contributed by atoms with Gasteiger partial charge in [-0.3, -0.25) is 10.1 Å². The van der Waals surface area contributed by atoms with Crippen molar-refractivity contribution in [1.82, 2.24) is 5.16 Å². The molecule has 1 aromatic carbocycles. The average Bonchev–Trinajstić information content (AvgIpc) is 3.37. The van der Waals surface area contributed by atoms with Crippen LogP contribution in [0.15, 0.2) is 28.8 Å². The normalized spacial score (nSPS) is 17.6. The standard InChI is InChI=1S/C23H32N4O4/c1-13(2)11-27(12-14(3)4)20-7-6-16(17-10-18(17)22(28)29)9-19(20)24-23(30)25-21-8-15(5)31-26-21/h6-9,13-14,17-18H,10-12H2,1-5H3,(H,28,29)(H2,24,25,26,30)/t17?,18-/m0/s1. The van der Waals surface area contributed by atoms with E-state index < -0.39 is 12.0 Å². The molecule has 1 aliphatic rings. The SMILES string of the molecule is Cc1cc(NC(=O)Nc2cc(C3C[C@@H]3C(=O)O)ccc2N(CC(C)C)CC(C)C)no1. The fourth-order valence-corrected chi connectivity index (χ4v) is 3.84. The summed E-state index contributed by atoms with van der Waals surface area (Å²) in [5, 5.41) is 18.7. The number of nitrogens with zero attached hydrogens (tertiary/aromatic N) is 2. The van der Waals surface area contributed by atoms with Crippen LogP contribution in [0.1, 0.15) is 51.4 Å². The number of aryl methyl sites for hydroxylation is 1. The van der Waals surface area contributed by atoms with Crippen LogP contribution in [0, 0.1) is 24.7 Å². The number of carbonyl (C=O) groups excluding carboxylic acids is 1. The van der Waals surface area contributed by atoms with Crippen molar-refractivity contribution in [2.45, 2.75) is 47.0 Å². The lowest BCUT2D eigenvalue weighted by Crippen LogP contribution is -2.32. The van der Waals surface area contributed by atoms with Gasteiger partial charge in [0.25, 0.3) is 0 Å². The summed E-state index contributed by atoms with van der Waals surface area (Å²) in [5.41, 5.74) is 2.51. The molecule has 2 aromatic rings. The molecule has 3 rings (SSSR count). The van der Waals surface area contributed by atoms with Crippen molar-refractivity contribution >= 4 is 29.2 Å². The molecule has 1 saturated carbocycles. The van der Waals surface area contributed by atoms with E-state index in [0.717, 1.165) is 24.3 Å². The Morgan fingerprint density at radius 1 is 1.16 bits per heavy atom. The first-order valence-electron chi connectivity index (χ1n) is 10.8. The number of anilines is 3. The Kier molecular flexibility index (Phi) is 6.87. The molecule has 168 valence electrons. The number of aromatic nitrogens is 1. The van der Waals surface area contributed by atoms with Gasteiger partial charge >= 0.3 is 12.0 Å². The summed E-state index contributed by atoms with van der Waals surface area (Å²) in [6.07, 6.45) is 0.625. The Morgan fingerprint density at radius 3 is 2.35 bits per heavy atom. The summed E-state index contributed by atoms with van der Waals surface area (Å²) in [6.45, 7) is 12.1. The first-order chi connectivity index (χ1) is 14.6. The summed E-state index contributed by atoms with van der Waals surface area (Å²) < 4.78 is 5.00. The lowest BCUT2D eigenvalue weighted by molar-refractivity contribution is -0.138. The van der Waals surface area contributed by atoms with Crippen LogP contribution in [-0.4, -0.2) is 35.4 Å². The quantitative estimate of drug-likeness (QED) is 0.522. The van der Waals surface area contributed by atoms with Gasteiger partial charge in [-0.2, -0.15) is 0 Å². The van der Waals surface area contributed by atoms with Crippen LogP contribution in [0.4, 0.5) is 22.0 Å². The number of nitrogens with one attached hydrogen (secondary N) is 2. The molecule has 8 heteroatoms. The number of aliphatic carboxylic acids is 1. The van der Waals surface area contributed by atoms with E-state index in [1.807, 2.05) is 18.2 Å². The van der Waals surface area contributed by atoms with Gasteiger partial charge in [0.15, 0.2) is 5.82 Å². The molecule has 1 unspecified atom stereocenters. The maximum absolute atomic E-state index is 12.7. The van der Waals surface area contributed by atoms with Crippen LogP contribution in [0.3, 0.4) is 0 Å². The third kappa shape index (κ3) is 5.99. The molecule has 0 aliphatic heterocycles. The predicted octanol–water partition coefficient (Wildman–Crippen LogP) is 4.93. The predicted molar refractivity (Wildman–Crippen MR) is 121 cm³/mol.